The molecular weight excluding hydrogens is 176 g/mol. The number of H-pyrrole nitrogens is 1. The lowest BCUT2D eigenvalue weighted by molar-refractivity contribution is 0.209. The molecule has 3 N–H and O–H groups in total. The molecule has 1 aromatic heterocycles. The van der Waals surface area contributed by atoms with Crippen molar-refractivity contribution in [2.24, 2.45) is 0 Å². The summed E-state index contributed by atoms with van der Waals surface area (Å²) in [7, 11) is 2.18. The Bertz CT molecular complexity index is 257. The van der Waals surface area contributed by atoms with Gasteiger partial charge < -0.3 is 15.6 Å². The van der Waals surface area contributed by atoms with E-state index < -0.39 is 0 Å². The van der Waals surface area contributed by atoms with Crippen molar-refractivity contribution in [3.05, 3.63) is 18.5 Å². The van der Waals surface area contributed by atoms with Crippen LogP contribution in [0.5, 0.6) is 0 Å². The molecule has 0 aromatic carbocycles. The molecule has 0 spiro atoms. The van der Waals surface area contributed by atoms with Crippen molar-refractivity contribution in [2.75, 3.05) is 38.5 Å². The number of anilines is 1. The van der Waals surface area contributed by atoms with Gasteiger partial charge in [0, 0.05) is 44.6 Å². The average Bonchev–Trinajstić information content (AvgIpc) is 2.69. The first-order chi connectivity index (χ1) is 6.86. The van der Waals surface area contributed by atoms with Crippen LogP contribution in [0.15, 0.2) is 18.5 Å². The first-order valence-electron chi connectivity index (χ1n) is 5.14. The van der Waals surface area contributed by atoms with Crippen LogP contribution in [0.3, 0.4) is 0 Å². The van der Waals surface area contributed by atoms with E-state index in [1.54, 1.807) is 0 Å². The third-order valence-electron chi connectivity index (χ3n) is 2.78. The summed E-state index contributed by atoms with van der Waals surface area (Å²) in [6.45, 7) is 4.33. The van der Waals surface area contributed by atoms with Crippen LogP contribution < -0.4 is 10.6 Å². The second kappa shape index (κ2) is 4.48. The Balaban J connectivity index is 1.79. The normalized spacial score (nSPS) is 23.6. The fraction of sp³-hybridized carbons (Fsp3) is 0.600. The fourth-order valence-electron chi connectivity index (χ4n) is 1.76. The van der Waals surface area contributed by atoms with Crippen LogP contribution >= 0.6 is 0 Å². The highest BCUT2D eigenvalue weighted by atomic mass is 15.2. The van der Waals surface area contributed by atoms with E-state index in [2.05, 4.69) is 33.6 Å². The van der Waals surface area contributed by atoms with Crippen molar-refractivity contribution >= 4 is 5.69 Å². The summed E-state index contributed by atoms with van der Waals surface area (Å²) in [6.07, 6.45) is 3.92. The number of rotatable bonds is 3. The zero-order valence-electron chi connectivity index (χ0n) is 8.59. The summed E-state index contributed by atoms with van der Waals surface area (Å²) in [5.41, 5.74) is 1.17. The van der Waals surface area contributed by atoms with E-state index in [4.69, 9.17) is 0 Å². The molecule has 0 bridgehead atoms. The number of aromatic nitrogens is 1. The van der Waals surface area contributed by atoms with E-state index in [0.29, 0.717) is 6.04 Å². The number of nitrogens with zero attached hydrogens (tertiary/aromatic N) is 1. The highest BCUT2D eigenvalue weighted by Crippen LogP contribution is 2.06. The van der Waals surface area contributed by atoms with Crippen molar-refractivity contribution in [2.45, 2.75) is 6.04 Å². The van der Waals surface area contributed by atoms with Gasteiger partial charge in [-0.2, -0.15) is 0 Å². The van der Waals surface area contributed by atoms with Crippen molar-refractivity contribution in [1.29, 1.82) is 0 Å². The van der Waals surface area contributed by atoms with Gasteiger partial charge in [0.05, 0.1) is 5.69 Å². The Labute approximate surface area is 84.7 Å². The molecule has 1 aliphatic rings. The van der Waals surface area contributed by atoms with Gasteiger partial charge in [0.25, 0.3) is 0 Å². The molecule has 4 nitrogen and oxygen atoms in total. The van der Waals surface area contributed by atoms with E-state index >= 15 is 0 Å². The van der Waals surface area contributed by atoms with Gasteiger partial charge in [0.15, 0.2) is 0 Å². The Kier molecular flexibility index (Phi) is 3.06. The minimum Gasteiger partial charge on any atom is -0.382 e. The van der Waals surface area contributed by atoms with E-state index in [0.717, 1.165) is 26.2 Å². The fourth-order valence-corrected chi connectivity index (χ4v) is 1.76. The molecule has 2 rings (SSSR count). The van der Waals surface area contributed by atoms with Crippen molar-refractivity contribution in [1.82, 2.24) is 15.2 Å². The van der Waals surface area contributed by atoms with Gasteiger partial charge in [-0.3, -0.25) is 4.90 Å². The van der Waals surface area contributed by atoms with Crippen LogP contribution in [0.4, 0.5) is 5.69 Å². The summed E-state index contributed by atoms with van der Waals surface area (Å²) in [5, 5.41) is 6.82. The maximum absolute atomic E-state index is 3.41. The van der Waals surface area contributed by atoms with Gasteiger partial charge in [-0.05, 0) is 13.1 Å². The summed E-state index contributed by atoms with van der Waals surface area (Å²) in [5.74, 6) is 0. The van der Waals surface area contributed by atoms with Gasteiger partial charge in [0.1, 0.15) is 0 Å². The smallest absolute Gasteiger partial charge is 0.0518 e. The quantitative estimate of drug-likeness (QED) is 0.649. The molecule has 2 heterocycles. The largest absolute Gasteiger partial charge is 0.382 e. The molecule has 1 saturated heterocycles. The number of likely N-dealkylation sites (N-methyl/N-ethyl adjacent to an activating group) is 1. The SMILES string of the molecule is CN1CCNCC1CNc1cc[nH]c1. The average molecular weight is 194 g/mol. The van der Waals surface area contributed by atoms with Gasteiger partial charge >= 0.3 is 0 Å². The summed E-state index contributed by atoms with van der Waals surface area (Å²) >= 11 is 0. The van der Waals surface area contributed by atoms with Crippen LogP contribution in [-0.4, -0.2) is 49.2 Å². The van der Waals surface area contributed by atoms with Gasteiger partial charge in [-0.25, -0.2) is 0 Å². The number of hydrogen-bond donors (Lipinski definition) is 3. The zero-order valence-corrected chi connectivity index (χ0v) is 8.59. The molecule has 1 aromatic rings. The molecule has 0 aliphatic carbocycles. The van der Waals surface area contributed by atoms with Crippen LogP contribution in [0, 0.1) is 0 Å². The van der Waals surface area contributed by atoms with E-state index in [1.165, 1.54) is 5.69 Å². The molecule has 78 valence electrons. The molecule has 1 aliphatic heterocycles. The molecule has 1 unspecified atom stereocenters. The molecule has 0 saturated carbocycles. The minimum atomic E-state index is 0.596. The van der Waals surface area contributed by atoms with Gasteiger partial charge in [-0.15, -0.1) is 0 Å². The Morgan fingerprint density at radius 1 is 1.64 bits per heavy atom. The molecule has 14 heavy (non-hydrogen) atoms. The number of piperazine rings is 1. The van der Waals surface area contributed by atoms with Crippen LogP contribution in [-0.2, 0) is 0 Å². The van der Waals surface area contributed by atoms with Crippen LogP contribution in [0.2, 0.25) is 0 Å². The third-order valence-corrected chi connectivity index (χ3v) is 2.78. The van der Waals surface area contributed by atoms with E-state index in [1.807, 2.05) is 12.4 Å². The first-order valence-corrected chi connectivity index (χ1v) is 5.14. The van der Waals surface area contributed by atoms with Crippen molar-refractivity contribution < 1.29 is 0 Å². The summed E-state index contributed by atoms with van der Waals surface area (Å²) in [6, 6.07) is 2.65. The van der Waals surface area contributed by atoms with Gasteiger partial charge in [-0.1, -0.05) is 0 Å². The predicted molar refractivity (Wildman–Crippen MR) is 58.6 cm³/mol. The van der Waals surface area contributed by atoms with Crippen LogP contribution in [0.25, 0.3) is 0 Å². The molecule has 1 fully saturated rings. The Morgan fingerprint density at radius 3 is 3.29 bits per heavy atom. The van der Waals surface area contributed by atoms with E-state index in [-0.39, 0.29) is 0 Å². The molecule has 0 amide bonds. The molecule has 1 atom stereocenters. The lowest BCUT2D eigenvalue weighted by atomic mass is 10.2. The lowest BCUT2D eigenvalue weighted by Crippen LogP contribution is -2.52. The minimum absolute atomic E-state index is 0.596. The predicted octanol–water partition coefficient (Wildman–Crippen LogP) is 0.330. The molecule has 4 heteroatoms. The second-order valence-corrected chi connectivity index (χ2v) is 3.82. The zero-order chi connectivity index (χ0) is 9.80. The summed E-state index contributed by atoms with van der Waals surface area (Å²) in [4.78, 5) is 5.44. The van der Waals surface area contributed by atoms with E-state index in [9.17, 15) is 0 Å². The topological polar surface area (TPSA) is 43.1 Å². The number of hydrogen-bond acceptors (Lipinski definition) is 3. The van der Waals surface area contributed by atoms with Gasteiger partial charge in [0.2, 0.25) is 0 Å². The third kappa shape index (κ3) is 2.27. The van der Waals surface area contributed by atoms with Crippen molar-refractivity contribution in [3.63, 3.8) is 0 Å². The summed E-state index contributed by atoms with van der Waals surface area (Å²) < 4.78 is 0. The maximum Gasteiger partial charge on any atom is 0.0518 e. The maximum atomic E-state index is 3.41. The number of nitrogens with one attached hydrogen (secondary N) is 3. The molecule has 0 radical (unpaired) electrons. The van der Waals surface area contributed by atoms with Crippen LogP contribution in [0.1, 0.15) is 0 Å². The highest BCUT2D eigenvalue weighted by molar-refractivity contribution is 5.40. The Hall–Kier alpha value is -1.00. The lowest BCUT2D eigenvalue weighted by Gasteiger charge is -2.33. The standard InChI is InChI=1S/C10H18N4/c1-14-5-4-12-7-10(14)8-13-9-2-3-11-6-9/h2-3,6,10-13H,4-5,7-8H2,1H3. The first kappa shape index (κ1) is 9.55. The van der Waals surface area contributed by atoms with Crippen molar-refractivity contribution in [3.8, 4) is 0 Å². The number of aromatic amines is 1. The Morgan fingerprint density at radius 2 is 2.57 bits per heavy atom. The monoisotopic (exact) mass is 194 g/mol. The molecular formula is C10H18N4. The highest BCUT2D eigenvalue weighted by Gasteiger charge is 2.17. The second-order valence-electron chi connectivity index (χ2n) is 3.82.